The van der Waals surface area contributed by atoms with E-state index in [0.29, 0.717) is 6.54 Å². The number of carbonyl (C=O) groups is 1. The number of hydrogen-bond acceptors (Lipinski definition) is 4. The summed E-state index contributed by atoms with van der Waals surface area (Å²) in [4.78, 5) is 16.1. The fraction of sp³-hybridized carbons (Fsp3) is 0.611. The van der Waals surface area contributed by atoms with Crippen LogP contribution in [0.4, 0.5) is 4.39 Å². The molecule has 1 aliphatic rings. The zero-order valence-electron chi connectivity index (χ0n) is 14.7. The van der Waals surface area contributed by atoms with E-state index < -0.39 is 11.9 Å². The van der Waals surface area contributed by atoms with E-state index in [0.717, 1.165) is 31.4 Å². The zero-order valence-corrected chi connectivity index (χ0v) is 14.7. The van der Waals surface area contributed by atoms with Crippen molar-refractivity contribution < 1.29 is 19.0 Å². The maximum absolute atomic E-state index is 13.8. The van der Waals surface area contributed by atoms with Gasteiger partial charge in [-0.3, -0.25) is 9.69 Å². The van der Waals surface area contributed by atoms with Crippen molar-refractivity contribution in [3.63, 3.8) is 0 Å². The number of ether oxygens (including phenoxy) is 1. The predicted molar refractivity (Wildman–Crippen MR) is 90.3 cm³/mol. The third-order valence-corrected chi connectivity index (χ3v) is 4.62. The first kappa shape index (κ1) is 18.7. The molecule has 0 spiro atoms. The summed E-state index contributed by atoms with van der Waals surface area (Å²) in [6.07, 6.45) is 2.60. The third-order valence-electron chi connectivity index (χ3n) is 4.62. The molecule has 2 atom stereocenters. The lowest BCUT2D eigenvalue weighted by Gasteiger charge is -2.37. The van der Waals surface area contributed by atoms with Crippen molar-refractivity contribution >= 4 is 5.91 Å². The molecule has 0 aromatic heterocycles. The molecule has 1 aromatic rings. The Balaban J connectivity index is 1.95. The van der Waals surface area contributed by atoms with E-state index in [1.165, 1.54) is 13.2 Å². The molecule has 1 saturated heterocycles. The van der Waals surface area contributed by atoms with Gasteiger partial charge in [-0.15, -0.1) is 0 Å². The van der Waals surface area contributed by atoms with Gasteiger partial charge >= 0.3 is 0 Å². The van der Waals surface area contributed by atoms with Gasteiger partial charge in [0.1, 0.15) is 0 Å². The summed E-state index contributed by atoms with van der Waals surface area (Å²) in [5.41, 5.74) is 0.717. The Morgan fingerprint density at radius 2 is 2.25 bits per heavy atom. The van der Waals surface area contributed by atoms with Crippen LogP contribution < -0.4 is 4.74 Å². The van der Waals surface area contributed by atoms with Gasteiger partial charge < -0.3 is 14.7 Å². The number of piperidine rings is 1. The lowest BCUT2D eigenvalue weighted by Crippen LogP contribution is -2.49. The second-order valence-electron chi connectivity index (χ2n) is 6.49. The van der Waals surface area contributed by atoms with Crippen LogP contribution >= 0.6 is 0 Å². The summed E-state index contributed by atoms with van der Waals surface area (Å²) in [5.74, 6) is -0.263. The number of benzene rings is 1. The molecule has 0 bridgehead atoms. The third kappa shape index (κ3) is 4.68. The van der Waals surface area contributed by atoms with Crippen molar-refractivity contribution in [3.05, 3.63) is 29.6 Å². The lowest BCUT2D eigenvalue weighted by molar-refractivity contribution is -0.133. The average Bonchev–Trinajstić information content (AvgIpc) is 2.55. The Hall–Kier alpha value is -1.66. The minimum atomic E-state index is -0.445. The van der Waals surface area contributed by atoms with Crippen LogP contribution in [0.25, 0.3) is 0 Å². The van der Waals surface area contributed by atoms with Gasteiger partial charge in [0.15, 0.2) is 11.6 Å². The predicted octanol–water partition coefficient (Wildman–Crippen LogP) is 2.03. The minimum Gasteiger partial charge on any atom is -0.494 e. The normalized spacial score (nSPS) is 19.8. The van der Waals surface area contributed by atoms with Gasteiger partial charge in [0.2, 0.25) is 5.91 Å². The molecule has 0 saturated carbocycles. The number of methoxy groups -OCH3 is 1. The standard InChI is InChI=1S/C18H27FN2O3/c1-13(22)16-6-4-5-9-21(16)12-18(23)20(2)11-14-7-8-17(24-3)15(19)10-14/h7-8,10,13,16,22H,4-6,9,11-12H2,1-3H3. The Labute approximate surface area is 143 Å². The summed E-state index contributed by atoms with van der Waals surface area (Å²) in [7, 11) is 3.14. The smallest absolute Gasteiger partial charge is 0.236 e. The van der Waals surface area contributed by atoms with Gasteiger partial charge in [0, 0.05) is 19.6 Å². The molecule has 1 heterocycles. The number of aliphatic hydroxyl groups is 1. The molecular formula is C18H27FN2O3. The first-order valence-electron chi connectivity index (χ1n) is 8.41. The Bertz CT molecular complexity index is 565. The van der Waals surface area contributed by atoms with Crippen LogP contribution in [0.5, 0.6) is 5.75 Å². The number of hydrogen-bond donors (Lipinski definition) is 1. The zero-order chi connectivity index (χ0) is 17.7. The molecule has 1 aromatic carbocycles. The summed E-state index contributed by atoms with van der Waals surface area (Å²) in [6.45, 7) is 3.22. The van der Waals surface area contributed by atoms with Crippen LogP contribution in [0.1, 0.15) is 31.7 Å². The van der Waals surface area contributed by atoms with E-state index in [1.54, 1.807) is 31.0 Å². The molecule has 1 N–H and O–H groups in total. The van der Waals surface area contributed by atoms with Gasteiger partial charge in [-0.1, -0.05) is 12.5 Å². The largest absolute Gasteiger partial charge is 0.494 e. The van der Waals surface area contributed by atoms with Crippen molar-refractivity contribution in [2.75, 3.05) is 27.2 Å². The molecule has 1 fully saturated rings. The molecule has 0 radical (unpaired) electrons. The number of carbonyl (C=O) groups excluding carboxylic acids is 1. The van der Waals surface area contributed by atoms with Crippen LogP contribution in [0.15, 0.2) is 18.2 Å². The highest BCUT2D eigenvalue weighted by atomic mass is 19.1. The minimum absolute atomic E-state index is 0.0289. The van der Waals surface area contributed by atoms with E-state index in [9.17, 15) is 14.3 Å². The topological polar surface area (TPSA) is 53.0 Å². The van der Waals surface area contributed by atoms with Gasteiger partial charge in [0.05, 0.1) is 19.8 Å². The van der Waals surface area contributed by atoms with Crippen molar-refractivity contribution in [3.8, 4) is 5.75 Å². The number of halogens is 1. The van der Waals surface area contributed by atoms with E-state index >= 15 is 0 Å². The second-order valence-corrected chi connectivity index (χ2v) is 6.49. The molecule has 1 amide bonds. The van der Waals surface area contributed by atoms with Crippen molar-refractivity contribution in [1.82, 2.24) is 9.80 Å². The maximum Gasteiger partial charge on any atom is 0.236 e. The molecule has 0 aliphatic carbocycles. The quantitative estimate of drug-likeness (QED) is 0.862. The van der Waals surface area contributed by atoms with E-state index in [1.807, 2.05) is 0 Å². The highest BCUT2D eigenvalue weighted by molar-refractivity contribution is 5.78. The number of nitrogens with zero attached hydrogens (tertiary/aromatic N) is 2. The first-order chi connectivity index (χ1) is 11.4. The fourth-order valence-electron chi connectivity index (χ4n) is 3.22. The van der Waals surface area contributed by atoms with E-state index in [-0.39, 0.29) is 24.2 Å². The number of likely N-dealkylation sites (tertiary alicyclic amines) is 1. The van der Waals surface area contributed by atoms with Crippen LogP contribution in [-0.2, 0) is 11.3 Å². The van der Waals surface area contributed by atoms with Crippen LogP contribution in [0.3, 0.4) is 0 Å². The number of aliphatic hydroxyl groups excluding tert-OH is 1. The van der Waals surface area contributed by atoms with Crippen LogP contribution in [0, 0.1) is 5.82 Å². The summed E-state index contributed by atoms with van der Waals surface area (Å²) in [6, 6.07) is 4.75. The van der Waals surface area contributed by atoms with Gasteiger partial charge in [-0.2, -0.15) is 0 Å². The highest BCUT2D eigenvalue weighted by Gasteiger charge is 2.28. The number of rotatable bonds is 6. The van der Waals surface area contributed by atoms with Gasteiger partial charge in [0.25, 0.3) is 0 Å². The molecule has 134 valence electrons. The molecule has 2 rings (SSSR count). The van der Waals surface area contributed by atoms with Crippen molar-refractivity contribution in [2.45, 2.75) is 44.9 Å². The summed E-state index contributed by atoms with van der Waals surface area (Å²) >= 11 is 0. The SMILES string of the molecule is COc1ccc(CN(C)C(=O)CN2CCCCC2C(C)O)cc1F. The van der Waals surface area contributed by atoms with E-state index in [2.05, 4.69) is 4.90 Å². The molecule has 5 nitrogen and oxygen atoms in total. The Kier molecular flexibility index (Phi) is 6.57. The lowest BCUT2D eigenvalue weighted by atomic mass is 9.98. The van der Waals surface area contributed by atoms with E-state index in [4.69, 9.17) is 4.74 Å². The van der Waals surface area contributed by atoms with Gasteiger partial charge in [-0.05, 0) is 44.0 Å². The van der Waals surface area contributed by atoms with Crippen molar-refractivity contribution in [1.29, 1.82) is 0 Å². The second kappa shape index (κ2) is 8.44. The molecule has 6 heteroatoms. The molecular weight excluding hydrogens is 311 g/mol. The Morgan fingerprint density at radius 3 is 2.88 bits per heavy atom. The van der Waals surface area contributed by atoms with Gasteiger partial charge in [-0.25, -0.2) is 4.39 Å². The molecule has 24 heavy (non-hydrogen) atoms. The van der Waals surface area contributed by atoms with Crippen LogP contribution in [0.2, 0.25) is 0 Å². The first-order valence-corrected chi connectivity index (χ1v) is 8.41. The molecule has 2 unspecified atom stereocenters. The van der Waals surface area contributed by atoms with Crippen molar-refractivity contribution in [2.24, 2.45) is 0 Å². The highest BCUT2D eigenvalue weighted by Crippen LogP contribution is 2.21. The summed E-state index contributed by atoms with van der Waals surface area (Å²) in [5, 5.41) is 9.89. The van der Waals surface area contributed by atoms with Crippen LogP contribution in [-0.4, -0.2) is 60.2 Å². The monoisotopic (exact) mass is 338 g/mol. The number of likely N-dealkylation sites (N-methyl/N-ethyl adjacent to an activating group) is 1. The number of amides is 1. The summed E-state index contributed by atoms with van der Waals surface area (Å²) < 4.78 is 18.7. The molecule has 1 aliphatic heterocycles. The fourth-order valence-corrected chi connectivity index (χ4v) is 3.22. The average molecular weight is 338 g/mol. The maximum atomic E-state index is 13.8. The Morgan fingerprint density at radius 1 is 1.50 bits per heavy atom.